The van der Waals surface area contributed by atoms with Gasteiger partial charge in [0.2, 0.25) is 0 Å². The molecule has 180 valence electrons. The van der Waals surface area contributed by atoms with Gasteiger partial charge in [0, 0.05) is 43.1 Å². The largest absolute Gasteiger partial charge is 0.365 e. The van der Waals surface area contributed by atoms with Crippen molar-refractivity contribution in [1.82, 2.24) is 14.5 Å². The molecule has 0 bridgehead atoms. The first-order valence-corrected chi connectivity index (χ1v) is 11.7. The predicted molar refractivity (Wildman–Crippen MR) is 136 cm³/mol. The van der Waals surface area contributed by atoms with Crippen molar-refractivity contribution in [3.05, 3.63) is 101 Å². The van der Waals surface area contributed by atoms with Crippen molar-refractivity contribution < 1.29 is 8.78 Å². The highest BCUT2D eigenvalue weighted by atomic mass is 19.1. The minimum atomic E-state index is -0.288. The number of hydrogen-bond acceptors (Lipinski definition) is 4. The fourth-order valence-corrected chi connectivity index (χ4v) is 4.43. The average Bonchev–Trinajstić information content (AvgIpc) is 3.21. The maximum Gasteiger partial charge on any atom is 0.330 e. The normalized spacial score (nSPS) is 14.3. The monoisotopic (exact) mass is 475 g/mol. The molecular weight excluding hydrogens is 448 g/mol. The first kappa shape index (κ1) is 22.9. The van der Waals surface area contributed by atoms with E-state index >= 15 is 0 Å². The third-order valence-electron chi connectivity index (χ3n) is 6.25. The third-order valence-corrected chi connectivity index (χ3v) is 6.25. The minimum absolute atomic E-state index is 0.113. The second kappa shape index (κ2) is 10.1. The highest BCUT2D eigenvalue weighted by Gasteiger charge is 2.18. The number of hydrogen-bond donors (Lipinski definition) is 3. The fraction of sp³-hybridized carbons (Fsp3) is 0.222. The molecule has 0 amide bonds. The molecular formula is C27H27F2N5O. The van der Waals surface area contributed by atoms with Gasteiger partial charge in [0.1, 0.15) is 11.6 Å². The number of fused-ring (bicyclic) bond motifs is 1. The number of nitrogens with one attached hydrogen (secondary N) is 3. The van der Waals surface area contributed by atoms with Crippen molar-refractivity contribution in [2.24, 2.45) is 0 Å². The molecule has 5 rings (SSSR count). The molecule has 3 N–H and O–H groups in total. The van der Waals surface area contributed by atoms with Gasteiger partial charge in [-0.05, 0) is 67.1 Å². The van der Waals surface area contributed by atoms with Crippen LogP contribution in [0.5, 0.6) is 0 Å². The van der Waals surface area contributed by atoms with E-state index in [1.807, 2.05) is 24.3 Å². The summed E-state index contributed by atoms with van der Waals surface area (Å²) >= 11 is 0. The molecule has 1 aliphatic heterocycles. The Labute approximate surface area is 201 Å². The number of para-hydroxylation sites is 2. The number of rotatable bonds is 8. The summed E-state index contributed by atoms with van der Waals surface area (Å²) in [6.45, 7) is 2.37. The van der Waals surface area contributed by atoms with E-state index in [0.717, 1.165) is 60.6 Å². The lowest BCUT2D eigenvalue weighted by atomic mass is 10.1. The lowest BCUT2D eigenvalue weighted by Crippen LogP contribution is -2.37. The summed E-state index contributed by atoms with van der Waals surface area (Å²) in [6, 6.07) is 20.2. The second-order valence-corrected chi connectivity index (χ2v) is 8.67. The van der Waals surface area contributed by atoms with Crippen LogP contribution < -0.4 is 16.3 Å². The molecule has 35 heavy (non-hydrogen) atoms. The van der Waals surface area contributed by atoms with Crippen LogP contribution in [0.1, 0.15) is 12.8 Å². The number of imidazole rings is 1. The number of H-pyrrole nitrogens is 1. The summed E-state index contributed by atoms with van der Waals surface area (Å²) in [4.78, 5) is 17.8. The van der Waals surface area contributed by atoms with Crippen LogP contribution in [0.4, 0.5) is 20.2 Å². The van der Waals surface area contributed by atoms with E-state index in [9.17, 15) is 13.6 Å². The van der Waals surface area contributed by atoms with Crippen molar-refractivity contribution in [3.8, 4) is 0 Å². The Morgan fingerprint density at radius 2 is 1.51 bits per heavy atom. The second-order valence-electron chi connectivity index (χ2n) is 8.67. The van der Waals surface area contributed by atoms with Gasteiger partial charge in [-0.25, -0.2) is 13.6 Å². The smallest absolute Gasteiger partial charge is 0.330 e. The number of aromatic amines is 1. The fourth-order valence-electron chi connectivity index (χ4n) is 4.43. The Morgan fingerprint density at radius 3 is 2.11 bits per heavy atom. The molecule has 4 aromatic rings. The molecule has 0 fully saturated rings. The Morgan fingerprint density at radius 1 is 0.886 bits per heavy atom. The van der Waals surface area contributed by atoms with Crippen LogP contribution in [-0.2, 0) is 0 Å². The van der Waals surface area contributed by atoms with Crippen LogP contribution in [0.2, 0.25) is 0 Å². The zero-order valence-corrected chi connectivity index (χ0v) is 19.2. The Kier molecular flexibility index (Phi) is 6.63. The first-order valence-electron chi connectivity index (χ1n) is 11.7. The lowest BCUT2D eigenvalue weighted by molar-refractivity contribution is 0.292. The van der Waals surface area contributed by atoms with Gasteiger partial charge in [-0.15, -0.1) is 0 Å². The number of benzene rings is 3. The number of aromatic nitrogens is 2. The standard InChI is InChI=1S/C27H27F2N5O/c28-19-5-9-21(10-6-19)30-26(31-22-11-7-20(29)8-12-22)15-18-33-16-13-23(14-17-33)34-25-4-2-1-3-24(25)32-27(34)35/h1-13,26,30-31H,14-18H2,(H,32,35). The molecule has 3 aromatic carbocycles. The summed E-state index contributed by atoms with van der Waals surface area (Å²) in [7, 11) is 0. The number of nitrogens with zero attached hydrogens (tertiary/aromatic N) is 2. The number of anilines is 2. The molecule has 0 radical (unpaired) electrons. The molecule has 1 aliphatic rings. The molecule has 1 aromatic heterocycles. The van der Waals surface area contributed by atoms with Gasteiger partial charge in [-0.3, -0.25) is 9.47 Å². The number of halogens is 2. The molecule has 0 saturated carbocycles. The zero-order valence-electron chi connectivity index (χ0n) is 19.2. The molecule has 0 spiro atoms. The SMILES string of the molecule is O=c1[nH]c2ccccc2n1C1=CCN(CCC(Nc2ccc(F)cc2)Nc2ccc(F)cc2)CC1. The van der Waals surface area contributed by atoms with Crippen LogP contribution in [0, 0.1) is 11.6 Å². The van der Waals surface area contributed by atoms with Gasteiger partial charge in [0.15, 0.2) is 0 Å². The summed E-state index contributed by atoms with van der Waals surface area (Å²) in [6.07, 6.45) is 3.49. The highest BCUT2D eigenvalue weighted by molar-refractivity contribution is 5.79. The van der Waals surface area contributed by atoms with Gasteiger partial charge in [0.25, 0.3) is 0 Å². The van der Waals surface area contributed by atoms with Crippen LogP contribution >= 0.6 is 0 Å². The van der Waals surface area contributed by atoms with Gasteiger partial charge >= 0.3 is 5.69 Å². The van der Waals surface area contributed by atoms with Crippen molar-refractivity contribution in [2.75, 3.05) is 30.3 Å². The first-order chi connectivity index (χ1) is 17.0. The van der Waals surface area contributed by atoms with Crippen LogP contribution in [0.3, 0.4) is 0 Å². The third kappa shape index (κ3) is 5.44. The zero-order chi connectivity index (χ0) is 24.2. The van der Waals surface area contributed by atoms with Crippen molar-refractivity contribution in [3.63, 3.8) is 0 Å². The van der Waals surface area contributed by atoms with Crippen LogP contribution in [0.15, 0.2) is 83.7 Å². The molecule has 8 heteroatoms. The Balaban J connectivity index is 1.25. The molecule has 6 nitrogen and oxygen atoms in total. The summed E-state index contributed by atoms with van der Waals surface area (Å²) < 4.78 is 28.4. The van der Waals surface area contributed by atoms with E-state index in [-0.39, 0.29) is 23.5 Å². The average molecular weight is 476 g/mol. The van der Waals surface area contributed by atoms with E-state index in [1.54, 1.807) is 28.8 Å². The van der Waals surface area contributed by atoms with Gasteiger partial charge < -0.3 is 15.6 Å². The molecule has 0 aliphatic carbocycles. The van der Waals surface area contributed by atoms with Crippen molar-refractivity contribution in [2.45, 2.75) is 19.0 Å². The van der Waals surface area contributed by atoms with E-state index in [4.69, 9.17) is 0 Å². The van der Waals surface area contributed by atoms with E-state index < -0.39 is 0 Å². The quantitative estimate of drug-likeness (QED) is 0.311. The topological polar surface area (TPSA) is 65.1 Å². The molecule has 0 unspecified atom stereocenters. The minimum Gasteiger partial charge on any atom is -0.365 e. The van der Waals surface area contributed by atoms with E-state index in [0.29, 0.717) is 0 Å². The summed E-state index contributed by atoms with van der Waals surface area (Å²) in [5, 5.41) is 6.81. The Hall–Kier alpha value is -3.91. The lowest BCUT2D eigenvalue weighted by Gasteiger charge is -2.29. The molecule has 0 atom stereocenters. The summed E-state index contributed by atoms with van der Waals surface area (Å²) in [5.74, 6) is -0.576. The van der Waals surface area contributed by atoms with Gasteiger partial charge in [-0.2, -0.15) is 0 Å². The van der Waals surface area contributed by atoms with Gasteiger partial charge in [-0.1, -0.05) is 18.2 Å². The Bertz CT molecular complexity index is 1330. The van der Waals surface area contributed by atoms with Crippen molar-refractivity contribution in [1.29, 1.82) is 0 Å². The molecule has 0 saturated heterocycles. The van der Waals surface area contributed by atoms with E-state index in [1.165, 1.54) is 24.3 Å². The van der Waals surface area contributed by atoms with Crippen molar-refractivity contribution >= 4 is 28.1 Å². The van der Waals surface area contributed by atoms with E-state index in [2.05, 4.69) is 26.6 Å². The maximum atomic E-state index is 13.3. The highest BCUT2D eigenvalue weighted by Crippen LogP contribution is 2.21. The van der Waals surface area contributed by atoms with Crippen LogP contribution in [-0.4, -0.2) is 40.3 Å². The van der Waals surface area contributed by atoms with Crippen LogP contribution in [0.25, 0.3) is 16.7 Å². The van der Waals surface area contributed by atoms with Gasteiger partial charge in [0.05, 0.1) is 17.2 Å². The molecule has 2 heterocycles. The maximum absolute atomic E-state index is 13.3. The predicted octanol–water partition coefficient (Wildman–Crippen LogP) is 5.09. The summed E-state index contributed by atoms with van der Waals surface area (Å²) in [5.41, 5.74) is 4.22.